The smallest absolute Gasteiger partial charge is 0.161 e. The normalized spacial score (nSPS) is 30.5. The second-order valence-corrected chi connectivity index (χ2v) is 16.9. The van der Waals surface area contributed by atoms with Gasteiger partial charge >= 0.3 is 0 Å². The van der Waals surface area contributed by atoms with Crippen molar-refractivity contribution in [1.82, 2.24) is 4.90 Å². The van der Waals surface area contributed by atoms with Crippen molar-refractivity contribution in [2.45, 2.75) is 89.1 Å². The fraction of sp³-hybridized carbons (Fsp3) is 0.760. The monoisotopic (exact) mass is 447 g/mol. The molecule has 5 nitrogen and oxygen atoms in total. The minimum Gasteiger partial charge on any atom is -0.493 e. The molecule has 0 aliphatic carbocycles. The molecule has 4 atom stereocenters. The van der Waals surface area contributed by atoms with Crippen molar-refractivity contribution < 1.29 is 19.3 Å². The Morgan fingerprint density at radius 3 is 2.61 bits per heavy atom. The van der Waals surface area contributed by atoms with Crippen LogP contribution in [0.1, 0.15) is 50.8 Å². The van der Waals surface area contributed by atoms with Gasteiger partial charge in [-0.3, -0.25) is 4.90 Å². The highest BCUT2D eigenvalue weighted by atomic mass is 28.3. The summed E-state index contributed by atoms with van der Waals surface area (Å²) in [5.74, 6) is 2.38. The number of hydrogen-bond donors (Lipinski definition) is 1. The van der Waals surface area contributed by atoms with E-state index in [1.165, 1.54) is 29.6 Å². The van der Waals surface area contributed by atoms with E-state index in [0.29, 0.717) is 12.3 Å². The summed E-state index contributed by atoms with van der Waals surface area (Å²) in [5.41, 5.74) is 2.36. The van der Waals surface area contributed by atoms with Crippen molar-refractivity contribution >= 4 is 8.07 Å². The number of rotatable bonds is 5. The zero-order chi connectivity index (χ0) is 22.4. The summed E-state index contributed by atoms with van der Waals surface area (Å²) >= 11 is 0. The zero-order valence-electron chi connectivity index (χ0n) is 20.2. The van der Waals surface area contributed by atoms with Crippen LogP contribution in [0.5, 0.6) is 11.5 Å². The second-order valence-electron chi connectivity index (χ2n) is 11.6. The fourth-order valence-corrected chi connectivity index (χ4v) is 9.04. The third-order valence-electron chi connectivity index (χ3n) is 7.25. The lowest BCUT2D eigenvalue weighted by Gasteiger charge is -2.46. The highest BCUT2D eigenvalue weighted by Gasteiger charge is 2.40. The van der Waals surface area contributed by atoms with Crippen LogP contribution in [0.3, 0.4) is 0 Å². The number of hydrogen-bond acceptors (Lipinski definition) is 5. The molecule has 3 heterocycles. The number of fused-ring (bicyclic) bond motifs is 3. The Labute approximate surface area is 189 Å². The number of aliphatic hydroxyl groups excluding tert-OH is 1. The van der Waals surface area contributed by atoms with Gasteiger partial charge in [-0.2, -0.15) is 0 Å². The highest BCUT2D eigenvalue weighted by Crippen LogP contribution is 2.43. The van der Waals surface area contributed by atoms with Crippen LogP contribution < -0.4 is 9.47 Å². The van der Waals surface area contributed by atoms with Gasteiger partial charge in [-0.25, -0.2) is 0 Å². The largest absolute Gasteiger partial charge is 0.493 e. The van der Waals surface area contributed by atoms with E-state index >= 15 is 0 Å². The molecule has 1 aromatic carbocycles. The third-order valence-corrected chi connectivity index (χ3v) is 10.6. The van der Waals surface area contributed by atoms with Gasteiger partial charge in [0.25, 0.3) is 0 Å². The zero-order valence-corrected chi connectivity index (χ0v) is 21.2. The maximum absolute atomic E-state index is 10.8. The Kier molecular flexibility index (Phi) is 6.47. The summed E-state index contributed by atoms with van der Waals surface area (Å²) in [5, 5.41) is 10.8. The van der Waals surface area contributed by atoms with Crippen molar-refractivity contribution in [3.63, 3.8) is 0 Å². The predicted molar refractivity (Wildman–Crippen MR) is 127 cm³/mol. The van der Waals surface area contributed by atoms with E-state index in [4.69, 9.17) is 14.2 Å². The summed E-state index contributed by atoms with van der Waals surface area (Å²) in [7, 11) is 0.742. The number of ether oxygens (including phenoxy) is 3. The molecule has 3 aliphatic heterocycles. The number of aliphatic hydroxyl groups is 1. The lowest BCUT2D eigenvalue weighted by molar-refractivity contribution is -0.149. The van der Waals surface area contributed by atoms with Gasteiger partial charge in [0.1, 0.15) is 0 Å². The molecule has 0 radical (unpaired) electrons. The van der Waals surface area contributed by atoms with Crippen LogP contribution in [0.25, 0.3) is 0 Å². The number of methoxy groups -OCH3 is 1. The summed E-state index contributed by atoms with van der Waals surface area (Å²) in [4.78, 5) is 2.47. The van der Waals surface area contributed by atoms with Crippen LogP contribution in [0.15, 0.2) is 12.1 Å². The summed E-state index contributed by atoms with van der Waals surface area (Å²) < 4.78 is 18.2. The third kappa shape index (κ3) is 5.29. The van der Waals surface area contributed by atoms with Crippen molar-refractivity contribution in [2.75, 3.05) is 26.8 Å². The first-order valence-electron chi connectivity index (χ1n) is 12.0. The van der Waals surface area contributed by atoms with Crippen molar-refractivity contribution in [1.29, 1.82) is 0 Å². The van der Waals surface area contributed by atoms with Gasteiger partial charge in [0.05, 0.1) is 31.5 Å². The minimum absolute atomic E-state index is 0.137. The van der Waals surface area contributed by atoms with Gasteiger partial charge in [-0.05, 0) is 69.2 Å². The van der Waals surface area contributed by atoms with Crippen LogP contribution in [0.4, 0.5) is 0 Å². The molecule has 4 rings (SSSR count). The van der Waals surface area contributed by atoms with Crippen LogP contribution in [-0.2, 0) is 11.2 Å². The molecule has 1 unspecified atom stereocenters. The average Bonchev–Trinajstić information content (AvgIpc) is 3.04. The maximum atomic E-state index is 10.8. The van der Waals surface area contributed by atoms with Crippen molar-refractivity contribution in [2.24, 2.45) is 5.92 Å². The number of piperidine rings is 1. The quantitative estimate of drug-likeness (QED) is 0.666. The number of benzene rings is 1. The molecule has 2 saturated heterocycles. The standard InChI is InChI=1S/C25H41NO4Si/c1-25(2,3)30-24-14-26-9-7-18-11-23(29-15-17-8-10-31(5,6)16-17)22(28-4)12-19(18)20(26)13-21(24)27/h11-12,17,20-21,24,27H,7-10,13-16H2,1-6H3/t17?,20-,21-,24-/m1/s1. The van der Waals surface area contributed by atoms with E-state index in [0.717, 1.165) is 37.6 Å². The van der Waals surface area contributed by atoms with Crippen LogP contribution in [0.2, 0.25) is 25.2 Å². The molecule has 2 fully saturated rings. The van der Waals surface area contributed by atoms with Crippen molar-refractivity contribution in [3.8, 4) is 11.5 Å². The van der Waals surface area contributed by atoms with Crippen molar-refractivity contribution in [3.05, 3.63) is 23.3 Å². The van der Waals surface area contributed by atoms with Gasteiger partial charge in [-0.15, -0.1) is 0 Å². The SMILES string of the molecule is COc1cc2c(cc1OCC1CC[Si](C)(C)C1)CCN1C[C@@H](OC(C)(C)C)[C@H](O)C[C@H]21. The fourth-order valence-electron chi connectivity index (χ4n) is 5.76. The molecule has 1 aromatic rings. The lowest BCUT2D eigenvalue weighted by atomic mass is 9.84. The maximum Gasteiger partial charge on any atom is 0.161 e. The van der Waals surface area contributed by atoms with Gasteiger partial charge in [-0.1, -0.05) is 25.2 Å². The first-order valence-corrected chi connectivity index (χ1v) is 15.4. The molecule has 174 valence electrons. The van der Waals surface area contributed by atoms with Gasteiger partial charge < -0.3 is 19.3 Å². The summed E-state index contributed by atoms with van der Waals surface area (Å²) in [6, 6.07) is 7.36. The summed E-state index contributed by atoms with van der Waals surface area (Å²) in [6.45, 7) is 13.7. The molecule has 0 aromatic heterocycles. The Morgan fingerprint density at radius 2 is 1.97 bits per heavy atom. The molecule has 6 heteroatoms. The van der Waals surface area contributed by atoms with Gasteiger partial charge in [0, 0.05) is 27.2 Å². The van der Waals surface area contributed by atoms with E-state index < -0.39 is 14.2 Å². The number of nitrogens with zero attached hydrogens (tertiary/aromatic N) is 1. The molecule has 3 aliphatic rings. The highest BCUT2D eigenvalue weighted by molar-refractivity contribution is 6.78. The average molecular weight is 448 g/mol. The van der Waals surface area contributed by atoms with Crippen LogP contribution >= 0.6 is 0 Å². The summed E-state index contributed by atoms with van der Waals surface area (Å²) in [6.07, 6.45) is 2.40. The topological polar surface area (TPSA) is 51.2 Å². The predicted octanol–water partition coefficient (Wildman–Crippen LogP) is 4.65. The first-order chi connectivity index (χ1) is 14.5. The molecule has 0 bridgehead atoms. The first kappa shape index (κ1) is 23.1. The Bertz CT molecular complexity index is 790. The molecule has 0 amide bonds. The Morgan fingerprint density at radius 1 is 1.19 bits per heavy atom. The molecule has 1 N–H and O–H groups in total. The van der Waals surface area contributed by atoms with E-state index in [2.05, 4.69) is 50.9 Å². The van der Waals surface area contributed by atoms with E-state index in [9.17, 15) is 5.11 Å². The van der Waals surface area contributed by atoms with Crippen LogP contribution in [-0.4, -0.2) is 62.7 Å². The molecular weight excluding hydrogens is 406 g/mol. The van der Waals surface area contributed by atoms with Gasteiger partial charge in [0.2, 0.25) is 0 Å². The second kappa shape index (κ2) is 8.69. The molecule has 0 saturated carbocycles. The van der Waals surface area contributed by atoms with E-state index in [-0.39, 0.29) is 17.7 Å². The molecule has 0 spiro atoms. The van der Waals surface area contributed by atoms with Gasteiger partial charge in [0.15, 0.2) is 11.5 Å². The lowest BCUT2D eigenvalue weighted by Crippen LogP contribution is -2.53. The molecular formula is C25H41NO4Si. The van der Waals surface area contributed by atoms with E-state index in [1.54, 1.807) is 7.11 Å². The van der Waals surface area contributed by atoms with E-state index in [1.807, 2.05) is 0 Å². The Balaban J connectivity index is 1.48. The minimum atomic E-state index is -0.984. The molecule has 31 heavy (non-hydrogen) atoms. The Hall–Kier alpha value is -1.08. The van der Waals surface area contributed by atoms with Crippen LogP contribution in [0, 0.1) is 5.92 Å².